The third-order valence-electron chi connectivity index (χ3n) is 3.15. The maximum atomic E-state index is 12.5. The molecule has 3 nitrogen and oxygen atoms in total. The van der Waals surface area contributed by atoms with E-state index in [-0.39, 0.29) is 18.9 Å². The van der Waals surface area contributed by atoms with Crippen molar-refractivity contribution in [3.63, 3.8) is 0 Å². The maximum Gasteiger partial charge on any atom is 0.195 e. The Hall–Kier alpha value is -2.81. The van der Waals surface area contributed by atoms with Crippen LogP contribution in [0.5, 0.6) is 0 Å². The Balaban J connectivity index is 0.00000108. The molecule has 0 N–H and O–H groups in total. The second kappa shape index (κ2) is 11.7. The fraction of sp³-hybridized carbons (Fsp3) is 0.227. The molecule has 0 radical (unpaired) electrons. The lowest BCUT2D eigenvalue weighted by atomic mass is 10.0. The Morgan fingerprint density at radius 1 is 0.880 bits per heavy atom. The summed E-state index contributed by atoms with van der Waals surface area (Å²) in [5.41, 5.74) is 1.77. The Morgan fingerprint density at radius 2 is 1.44 bits per heavy atom. The molecule has 1 aromatic heterocycles. The van der Waals surface area contributed by atoms with Gasteiger partial charge in [-0.25, -0.2) is 4.98 Å². The van der Waals surface area contributed by atoms with Crippen molar-refractivity contribution in [3.05, 3.63) is 77.5 Å². The smallest absolute Gasteiger partial charge is 0.195 e. The summed E-state index contributed by atoms with van der Waals surface area (Å²) >= 11 is 0. The van der Waals surface area contributed by atoms with E-state index in [0.29, 0.717) is 22.9 Å². The van der Waals surface area contributed by atoms with Gasteiger partial charge in [0, 0.05) is 10.9 Å². The van der Waals surface area contributed by atoms with E-state index < -0.39 is 0 Å². The van der Waals surface area contributed by atoms with Gasteiger partial charge in [-0.15, -0.1) is 0 Å². The van der Waals surface area contributed by atoms with Crippen molar-refractivity contribution in [2.24, 2.45) is 0 Å². The van der Waals surface area contributed by atoms with Gasteiger partial charge in [0.15, 0.2) is 12.1 Å². The van der Waals surface area contributed by atoms with Crippen LogP contribution in [0, 0.1) is 0 Å². The van der Waals surface area contributed by atoms with Crippen molar-refractivity contribution in [2.45, 2.75) is 35.1 Å². The van der Waals surface area contributed by atoms with Gasteiger partial charge in [0.05, 0.1) is 11.1 Å². The number of pyridine rings is 1. The van der Waals surface area contributed by atoms with Gasteiger partial charge in [0.1, 0.15) is 5.69 Å². The molecule has 0 aliphatic heterocycles. The molecule has 0 aliphatic rings. The molecule has 1 heterocycles. The van der Waals surface area contributed by atoms with Gasteiger partial charge in [-0.2, -0.15) is 0 Å². The molecule has 3 rings (SSSR count). The highest BCUT2D eigenvalue weighted by molar-refractivity contribution is 6.13. The zero-order valence-electron chi connectivity index (χ0n) is 14.6. The molecule has 0 saturated heterocycles. The summed E-state index contributed by atoms with van der Waals surface area (Å²) in [4.78, 5) is 27.9. The summed E-state index contributed by atoms with van der Waals surface area (Å²) in [6, 6.07) is 18.0. The zero-order valence-corrected chi connectivity index (χ0v) is 14.6. The van der Waals surface area contributed by atoms with E-state index in [1.807, 2.05) is 58.0 Å². The number of carbonyl (C=O) groups excluding carboxylic acids is 2. The molecule has 0 spiro atoms. The van der Waals surface area contributed by atoms with Gasteiger partial charge in [-0.05, 0) is 12.1 Å². The predicted octanol–water partition coefficient (Wildman–Crippen LogP) is 5.97. The lowest BCUT2D eigenvalue weighted by Gasteiger charge is -2.06. The van der Waals surface area contributed by atoms with Crippen molar-refractivity contribution in [2.75, 3.05) is 0 Å². The molecule has 25 heavy (non-hydrogen) atoms. The van der Waals surface area contributed by atoms with E-state index >= 15 is 0 Å². The van der Waals surface area contributed by atoms with E-state index in [4.69, 9.17) is 0 Å². The molecule has 0 bridgehead atoms. The lowest BCUT2D eigenvalue weighted by molar-refractivity contribution is 0.102. The largest absolute Gasteiger partial charge is 0.296 e. The number of nitrogens with zero attached hydrogens (tertiary/aromatic N) is 1. The first-order chi connectivity index (χ1) is 11.8. The number of rotatable bonds is 3. The van der Waals surface area contributed by atoms with Crippen molar-refractivity contribution in [3.8, 4) is 0 Å². The van der Waals surface area contributed by atoms with Gasteiger partial charge >= 0.3 is 0 Å². The number of aromatic nitrogens is 1. The molecule has 3 heteroatoms. The summed E-state index contributed by atoms with van der Waals surface area (Å²) in [5, 5.41) is 0.845. The van der Waals surface area contributed by atoms with E-state index in [2.05, 4.69) is 4.98 Å². The highest BCUT2D eigenvalue weighted by atomic mass is 16.1. The number of fused-ring (bicyclic) bond motifs is 1. The van der Waals surface area contributed by atoms with Crippen LogP contribution in [0.15, 0.2) is 60.7 Å². The van der Waals surface area contributed by atoms with Crippen molar-refractivity contribution in [1.82, 2.24) is 4.98 Å². The molecule has 132 valence electrons. The molecule has 0 atom stereocenters. The standard InChI is InChI=1S/C17H11NO2.2C2H6.CH4/c19-11-16-14(17(20)12-6-2-1-3-7-12)10-13-8-4-5-9-15(13)18-16;2*1-2;/h1-11H;2*1-2H3;1H4. The van der Waals surface area contributed by atoms with E-state index in [1.165, 1.54) is 0 Å². The first-order valence-electron chi connectivity index (χ1n) is 8.24. The average Bonchev–Trinajstić information content (AvgIpc) is 2.70. The van der Waals surface area contributed by atoms with Gasteiger partial charge in [0.2, 0.25) is 0 Å². The number of para-hydroxylation sites is 1. The number of hydrogen-bond donors (Lipinski definition) is 0. The molecule has 0 aliphatic carbocycles. The third-order valence-corrected chi connectivity index (χ3v) is 3.15. The van der Waals surface area contributed by atoms with Crippen LogP contribution in [0.2, 0.25) is 0 Å². The predicted molar refractivity (Wildman–Crippen MR) is 106 cm³/mol. The van der Waals surface area contributed by atoms with Crippen LogP contribution in [0.4, 0.5) is 0 Å². The Bertz CT molecular complexity index is 795. The molecule has 0 saturated carbocycles. The number of ketones is 1. The van der Waals surface area contributed by atoms with E-state index in [1.54, 1.807) is 30.3 Å². The molecule has 0 unspecified atom stereocenters. The quantitative estimate of drug-likeness (QED) is 0.437. The monoisotopic (exact) mass is 337 g/mol. The van der Waals surface area contributed by atoms with Gasteiger partial charge in [-0.3, -0.25) is 9.59 Å². The third kappa shape index (κ3) is 5.35. The summed E-state index contributed by atoms with van der Waals surface area (Å²) in [6.45, 7) is 8.00. The Labute approximate surface area is 150 Å². The summed E-state index contributed by atoms with van der Waals surface area (Å²) in [5.74, 6) is -0.189. The van der Waals surface area contributed by atoms with Crippen molar-refractivity contribution < 1.29 is 9.59 Å². The van der Waals surface area contributed by atoms with Gasteiger partial charge in [-0.1, -0.05) is 83.7 Å². The van der Waals surface area contributed by atoms with E-state index in [0.717, 1.165) is 5.39 Å². The molecule has 3 aromatic rings. The summed E-state index contributed by atoms with van der Waals surface area (Å²) in [7, 11) is 0. The first kappa shape index (κ1) is 22.2. The van der Waals surface area contributed by atoms with Crippen LogP contribution >= 0.6 is 0 Å². The number of carbonyl (C=O) groups is 2. The Kier molecular flexibility index (Phi) is 10.4. The molecular formula is C22H27NO2. The van der Waals surface area contributed by atoms with E-state index in [9.17, 15) is 9.59 Å². The minimum atomic E-state index is -0.189. The molecule has 2 aromatic carbocycles. The van der Waals surface area contributed by atoms with Crippen LogP contribution in [0.1, 0.15) is 61.5 Å². The average molecular weight is 337 g/mol. The zero-order chi connectivity index (χ0) is 17.9. The molecule has 0 fully saturated rings. The van der Waals surface area contributed by atoms with Crippen molar-refractivity contribution >= 4 is 23.0 Å². The first-order valence-corrected chi connectivity index (χ1v) is 8.24. The summed E-state index contributed by atoms with van der Waals surface area (Å²) < 4.78 is 0. The summed E-state index contributed by atoms with van der Waals surface area (Å²) in [6.07, 6.45) is 0.628. The SMILES string of the molecule is C.CC.CC.O=Cc1nc2ccccc2cc1C(=O)c1ccccc1. The van der Waals surface area contributed by atoms with Crippen LogP contribution in [0.3, 0.4) is 0 Å². The van der Waals surface area contributed by atoms with Gasteiger partial charge in [0.25, 0.3) is 0 Å². The van der Waals surface area contributed by atoms with Gasteiger partial charge < -0.3 is 0 Å². The second-order valence-electron chi connectivity index (χ2n) is 4.43. The fourth-order valence-electron chi connectivity index (χ4n) is 2.15. The lowest BCUT2D eigenvalue weighted by Crippen LogP contribution is -2.07. The van der Waals surface area contributed by atoms with Crippen molar-refractivity contribution in [1.29, 1.82) is 0 Å². The van der Waals surface area contributed by atoms with Crippen LogP contribution in [-0.4, -0.2) is 17.1 Å². The van der Waals surface area contributed by atoms with Crippen LogP contribution in [-0.2, 0) is 0 Å². The van der Waals surface area contributed by atoms with Crippen LogP contribution in [0.25, 0.3) is 10.9 Å². The minimum absolute atomic E-state index is 0. The number of hydrogen-bond acceptors (Lipinski definition) is 3. The number of benzene rings is 2. The second-order valence-corrected chi connectivity index (χ2v) is 4.43. The fourth-order valence-corrected chi connectivity index (χ4v) is 2.15. The number of aldehydes is 1. The minimum Gasteiger partial charge on any atom is -0.296 e. The maximum absolute atomic E-state index is 12.5. The molecular weight excluding hydrogens is 310 g/mol. The normalized spacial score (nSPS) is 8.80. The van der Waals surface area contributed by atoms with Crippen LogP contribution < -0.4 is 0 Å². The molecule has 0 amide bonds. The topological polar surface area (TPSA) is 47.0 Å². The Morgan fingerprint density at radius 3 is 2.04 bits per heavy atom. The highest BCUT2D eigenvalue weighted by Gasteiger charge is 2.15. The highest BCUT2D eigenvalue weighted by Crippen LogP contribution is 2.18.